The first-order valence-electron chi connectivity index (χ1n) is 5.08. The van der Waals surface area contributed by atoms with E-state index >= 15 is 0 Å². The van der Waals surface area contributed by atoms with E-state index < -0.39 is 0 Å². The Kier molecular flexibility index (Phi) is 4.69. The van der Waals surface area contributed by atoms with Crippen LogP contribution in [0.3, 0.4) is 0 Å². The minimum atomic E-state index is 0.0747. The van der Waals surface area contributed by atoms with Gasteiger partial charge in [-0.1, -0.05) is 0 Å². The molecular formula is C10H18ClNO2. The van der Waals surface area contributed by atoms with Crippen molar-refractivity contribution in [2.24, 2.45) is 5.92 Å². The van der Waals surface area contributed by atoms with E-state index in [0.29, 0.717) is 6.61 Å². The maximum atomic E-state index is 11.8. The molecule has 2 unspecified atom stereocenters. The van der Waals surface area contributed by atoms with Crippen LogP contribution in [-0.4, -0.2) is 43.0 Å². The predicted molar refractivity (Wildman–Crippen MR) is 56.5 cm³/mol. The second-order valence-corrected chi connectivity index (χ2v) is 4.63. The van der Waals surface area contributed by atoms with Gasteiger partial charge in [-0.25, -0.2) is 0 Å². The fourth-order valence-electron chi connectivity index (χ4n) is 1.52. The number of alkyl halides is 1. The van der Waals surface area contributed by atoms with Crippen LogP contribution >= 0.6 is 11.6 Å². The maximum absolute atomic E-state index is 11.8. The minimum absolute atomic E-state index is 0.0747. The summed E-state index contributed by atoms with van der Waals surface area (Å²) in [5.74, 6) is 0.269. The molecule has 0 bridgehead atoms. The van der Waals surface area contributed by atoms with Crippen LogP contribution < -0.4 is 0 Å². The highest BCUT2D eigenvalue weighted by molar-refractivity contribution is 6.20. The summed E-state index contributed by atoms with van der Waals surface area (Å²) in [6, 6.07) is 0. The summed E-state index contributed by atoms with van der Waals surface area (Å²) >= 11 is 5.82. The van der Waals surface area contributed by atoms with Crippen LogP contribution in [-0.2, 0) is 9.53 Å². The molecule has 3 nitrogen and oxygen atoms in total. The number of rotatable bonds is 4. The lowest BCUT2D eigenvalue weighted by Crippen LogP contribution is -2.34. The molecule has 1 amide bonds. The van der Waals surface area contributed by atoms with Crippen molar-refractivity contribution in [2.75, 3.05) is 26.8 Å². The fraction of sp³-hybridized carbons (Fsp3) is 0.900. The van der Waals surface area contributed by atoms with Crippen molar-refractivity contribution in [1.82, 2.24) is 4.90 Å². The van der Waals surface area contributed by atoms with Gasteiger partial charge in [0.15, 0.2) is 0 Å². The van der Waals surface area contributed by atoms with E-state index in [1.165, 1.54) is 0 Å². The van der Waals surface area contributed by atoms with Gasteiger partial charge >= 0.3 is 0 Å². The number of carbonyl (C=O) groups excluding carboxylic acids is 1. The molecule has 4 heteroatoms. The number of carbonyl (C=O) groups is 1. The highest BCUT2D eigenvalue weighted by Crippen LogP contribution is 2.15. The highest BCUT2D eigenvalue weighted by Gasteiger charge is 2.25. The molecule has 2 atom stereocenters. The van der Waals surface area contributed by atoms with Crippen LogP contribution in [0.5, 0.6) is 0 Å². The van der Waals surface area contributed by atoms with Crippen LogP contribution in [0.15, 0.2) is 0 Å². The fourth-order valence-corrected chi connectivity index (χ4v) is 1.62. The number of hydrogen-bond donors (Lipinski definition) is 0. The van der Waals surface area contributed by atoms with E-state index in [-0.39, 0.29) is 17.2 Å². The summed E-state index contributed by atoms with van der Waals surface area (Å²) < 4.78 is 5.18. The zero-order chi connectivity index (χ0) is 10.6. The third-order valence-corrected chi connectivity index (χ3v) is 2.74. The number of amides is 1. The molecule has 0 radical (unpaired) electrons. The normalized spacial score (nSPS) is 23.5. The number of ether oxygens (including phenoxy) is 1. The lowest BCUT2D eigenvalue weighted by Gasteiger charge is -2.20. The van der Waals surface area contributed by atoms with Gasteiger partial charge in [0.05, 0.1) is 12.5 Å². The Morgan fingerprint density at radius 1 is 1.71 bits per heavy atom. The summed E-state index contributed by atoms with van der Waals surface area (Å²) in [7, 11) is 1.83. The van der Waals surface area contributed by atoms with Crippen molar-refractivity contribution in [1.29, 1.82) is 0 Å². The first kappa shape index (κ1) is 11.8. The van der Waals surface area contributed by atoms with Gasteiger partial charge < -0.3 is 9.64 Å². The minimum Gasteiger partial charge on any atom is -0.381 e. The van der Waals surface area contributed by atoms with E-state index in [2.05, 4.69) is 0 Å². The molecule has 1 saturated heterocycles. The SMILES string of the molecule is CC(Cl)CCN(C)C(=O)C1CCOC1. The molecule has 14 heavy (non-hydrogen) atoms. The van der Waals surface area contributed by atoms with Gasteiger partial charge in [0.2, 0.25) is 5.91 Å². The monoisotopic (exact) mass is 219 g/mol. The molecule has 0 N–H and O–H groups in total. The van der Waals surface area contributed by atoms with E-state index in [1.54, 1.807) is 4.90 Å². The van der Waals surface area contributed by atoms with Crippen molar-refractivity contribution in [3.8, 4) is 0 Å². The van der Waals surface area contributed by atoms with Crippen molar-refractivity contribution in [2.45, 2.75) is 25.1 Å². The Morgan fingerprint density at radius 3 is 2.93 bits per heavy atom. The zero-order valence-electron chi connectivity index (χ0n) is 8.83. The number of hydrogen-bond acceptors (Lipinski definition) is 2. The predicted octanol–water partition coefficient (Wildman–Crippen LogP) is 1.50. The Labute approximate surface area is 90.4 Å². The van der Waals surface area contributed by atoms with E-state index in [9.17, 15) is 4.79 Å². The Hall–Kier alpha value is -0.280. The van der Waals surface area contributed by atoms with E-state index in [4.69, 9.17) is 16.3 Å². The lowest BCUT2D eigenvalue weighted by atomic mass is 10.1. The van der Waals surface area contributed by atoms with Gasteiger partial charge in [-0.2, -0.15) is 0 Å². The average molecular weight is 220 g/mol. The first-order chi connectivity index (χ1) is 6.61. The van der Waals surface area contributed by atoms with E-state index in [0.717, 1.165) is 26.0 Å². The van der Waals surface area contributed by atoms with Gasteiger partial charge in [0, 0.05) is 25.6 Å². The van der Waals surface area contributed by atoms with Crippen molar-refractivity contribution in [3.05, 3.63) is 0 Å². The third-order valence-electron chi connectivity index (χ3n) is 2.52. The molecule has 1 aliphatic heterocycles. The summed E-state index contributed by atoms with van der Waals surface area (Å²) in [5.41, 5.74) is 0. The molecule has 1 rings (SSSR count). The van der Waals surface area contributed by atoms with Crippen LogP contribution in [0.2, 0.25) is 0 Å². The summed E-state index contributed by atoms with van der Waals surface area (Å²) in [5, 5.41) is 0.130. The molecular weight excluding hydrogens is 202 g/mol. The smallest absolute Gasteiger partial charge is 0.227 e. The molecule has 0 spiro atoms. The van der Waals surface area contributed by atoms with E-state index in [1.807, 2.05) is 14.0 Å². The van der Waals surface area contributed by atoms with Crippen LogP contribution in [0.1, 0.15) is 19.8 Å². The highest BCUT2D eigenvalue weighted by atomic mass is 35.5. The molecule has 0 aromatic heterocycles. The Morgan fingerprint density at radius 2 is 2.43 bits per heavy atom. The molecule has 82 valence electrons. The second-order valence-electron chi connectivity index (χ2n) is 3.89. The maximum Gasteiger partial charge on any atom is 0.227 e. The number of halogens is 1. The summed E-state index contributed by atoms with van der Waals surface area (Å²) in [6.07, 6.45) is 1.71. The second kappa shape index (κ2) is 5.56. The largest absolute Gasteiger partial charge is 0.381 e. The van der Waals surface area contributed by atoms with Crippen LogP contribution in [0.4, 0.5) is 0 Å². The van der Waals surface area contributed by atoms with Crippen molar-refractivity contribution >= 4 is 17.5 Å². The van der Waals surface area contributed by atoms with Gasteiger partial charge in [0.1, 0.15) is 0 Å². The molecule has 0 aliphatic carbocycles. The Balaban J connectivity index is 2.28. The van der Waals surface area contributed by atoms with Crippen LogP contribution in [0, 0.1) is 5.92 Å². The quantitative estimate of drug-likeness (QED) is 0.671. The Bertz CT molecular complexity index is 191. The topological polar surface area (TPSA) is 29.5 Å². The molecule has 0 saturated carbocycles. The summed E-state index contributed by atoms with van der Waals surface area (Å²) in [6.45, 7) is 3.98. The van der Waals surface area contributed by atoms with Crippen LogP contribution in [0.25, 0.3) is 0 Å². The number of nitrogens with zero attached hydrogens (tertiary/aromatic N) is 1. The molecule has 1 heterocycles. The average Bonchev–Trinajstić information content (AvgIpc) is 2.65. The van der Waals surface area contributed by atoms with Gasteiger partial charge in [-0.3, -0.25) is 4.79 Å². The van der Waals surface area contributed by atoms with Gasteiger partial charge in [-0.05, 0) is 19.8 Å². The molecule has 0 aromatic carbocycles. The van der Waals surface area contributed by atoms with Gasteiger partial charge in [-0.15, -0.1) is 11.6 Å². The van der Waals surface area contributed by atoms with Crippen molar-refractivity contribution < 1.29 is 9.53 Å². The van der Waals surface area contributed by atoms with Crippen molar-refractivity contribution in [3.63, 3.8) is 0 Å². The lowest BCUT2D eigenvalue weighted by molar-refractivity contribution is -0.134. The first-order valence-corrected chi connectivity index (χ1v) is 5.51. The zero-order valence-corrected chi connectivity index (χ0v) is 9.59. The van der Waals surface area contributed by atoms with Gasteiger partial charge in [0.25, 0.3) is 0 Å². The standard InChI is InChI=1S/C10H18ClNO2/c1-8(11)3-5-12(2)10(13)9-4-6-14-7-9/h8-9H,3-7H2,1-2H3. The summed E-state index contributed by atoms with van der Waals surface area (Å²) in [4.78, 5) is 13.5. The molecule has 1 aliphatic rings. The molecule has 0 aromatic rings. The molecule has 1 fully saturated rings. The third kappa shape index (κ3) is 3.46.